The van der Waals surface area contributed by atoms with Crippen molar-refractivity contribution < 1.29 is 18.7 Å². The van der Waals surface area contributed by atoms with Gasteiger partial charge in [0.05, 0.1) is 30.8 Å². The number of morpholine rings is 1. The third-order valence-corrected chi connectivity index (χ3v) is 4.78. The van der Waals surface area contributed by atoms with E-state index in [1.165, 1.54) is 0 Å². The summed E-state index contributed by atoms with van der Waals surface area (Å²) in [6.07, 6.45) is 0. The van der Waals surface area contributed by atoms with Crippen molar-refractivity contribution in [1.29, 1.82) is 0 Å². The molecule has 1 fully saturated rings. The Hall–Kier alpha value is -3.13. The zero-order chi connectivity index (χ0) is 20.4. The maximum Gasteiger partial charge on any atom is 0.260 e. The number of carbonyl (C=O) groups is 1. The average molecular weight is 396 g/mol. The molecule has 1 N–H and O–H groups in total. The molecule has 1 aromatic carbocycles. The van der Waals surface area contributed by atoms with Crippen LogP contribution in [0, 0.1) is 13.8 Å². The highest BCUT2D eigenvalue weighted by Gasteiger charge is 2.26. The number of nitrogens with zero attached hydrogens (tertiary/aromatic N) is 3. The number of benzene rings is 1. The number of nitrogens with one attached hydrogen (secondary N) is 1. The normalized spacial score (nSPS) is 14.2. The molecule has 0 unspecified atom stereocenters. The predicted molar refractivity (Wildman–Crippen MR) is 110 cm³/mol. The number of fused-ring (bicyclic) bond motifs is 1. The van der Waals surface area contributed by atoms with Gasteiger partial charge in [-0.25, -0.2) is 4.98 Å². The smallest absolute Gasteiger partial charge is 0.260 e. The number of aryl methyl sites for hydroxylation is 2. The number of rotatable bonds is 5. The van der Waals surface area contributed by atoms with Crippen LogP contribution in [0.25, 0.3) is 11.1 Å². The Balaban J connectivity index is 1.70. The summed E-state index contributed by atoms with van der Waals surface area (Å²) in [5.41, 5.74) is 1.55. The van der Waals surface area contributed by atoms with Crippen molar-refractivity contribution in [3.8, 4) is 5.75 Å². The Bertz CT molecular complexity index is 1020. The van der Waals surface area contributed by atoms with Crippen molar-refractivity contribution in [1.82, 2.24) is 9.97 Å². The van der Waals surface area contributed by atoms with E-state index >= 15 is 0 Å². The maximum absolute atomic E-state index is 13.1. The summed E-state index contributed by atoms with van der Waals surface area (Å²) in [5.74, 6) is 2.33. The van der Waals surface area contributed by atoms with Crippen LogP contribution in [-0.4, -0.2) is 48.8 Å². The third-order valence-electron chi connectivity index (χ3n) is 4.78. The van der Waals surface area contributed by atoms with Crippen molar-refractivity contribution in [3.63, 3.8) is 0 Å². The standard InChI is InChI=1S/C21H24N4O4/c1-4-28-16-7-5-15(6-8-16)24-20(26)17-13(2)29-21-18(17)19(22-14(3)23-21)25-9-11-27-12-10-25/h5-8H,4,9-12H2,1-3H3,(H,24,26). The van der Waals surface area contributed by atoms with Crippen LogP contribution in [0.1, 0.15) is 28.9 Å². The van der Waals surface area contributed by atoms with Crippen molar-refractivity contribution in [2.45, 2.75) is 20.8 Å². The lowest BCUT2D eigenvalue weighted by Gasteiger charge is -2.28. The van der Waals surface area contributed by atoms with Gasteiger partial charge in [-0.1, -0.05) is 0 Å². The van der Waals surface area contributed by atoms with Gasteiger partial charge >= 0.3 is 0 Å². The number of aromatic nitrogens is 2. The van der Waals surface area contributed by atoms with E-state index in [4.69, 9.17) is 13.9 Å². The quantitative estimate of drug-likeness (QED) is 0.707. The lowest BCUT2D eigenvalue weighted by atomic mass is 10.1. The first-order valence-corrected chi connectivity index (χ1v) is 9.71. The van der Waals surface area contributed by atoms with E-state index in [-0.39, 0.29) is 5.91 Å². The second-order valence-electron chi connectivity index (χ2n) is 6.82. The highest BCUT2D eigenvalue weighted by Crippen LogP contribution is 2.33. The Morgan fingerprint density at radius 2 is 1.90 bits per heavy atom. The highest BCUT2D eigenvalue weighted by molar-refractivity contribution is 6.15. The maximum atomic E-state index is 13.1. The molecule has 1 saturated heterocycles. The molecule has 8 heteroatoms. The summed E-state index contributed by atoms with van der Waals surface area (Å²) in [4.78, 5) is 24.3. The number of amides is 1. The zero-order valence-electron chi connectivity index (χ0n) is 16.8. The van der Waals surface area contributed by atoms with Gasteiger partial charge in [-0.05, 0) is 45.0 Å². The lowest BCUT2D eigenvalue weighted by Crippen LogP contribution is -2.37. The summed E-state index contributed by atoms with van der Waals surface area (Å²) in [6, 6.07) is 7.27. The van der Waals surface area contributed by atoms with Gasteiger partial charge in [0, 0.05) is 18.8 Å². The molecular formula is C21H24N4O4. The fourth-order valence-corrected chi connectivity index (χ4v) is 3.47. The molecule has 2 aromatic heterocycles. The molecule has 0 saturated carbocycles. The van der Waals surface area contributed by atoms with Crippen LogP contribution in [-0.2, 0) is 4.74 Å². The number of ether oxygens (including phenoxy) is 2. The summed E-state index contributed by atoms with van der Waals surface area (Å²) >= 11 is 0. The SMILES string of the molecule is CCOc1ccc(NC(=O)c2c(C)oc3nc(C)nc(N4CCOCC4)c23)cc1. The summed E-state index contributed by atoms with van der Waals surface area (Å²) < 4.78 is 16.7. The summed E-state index contributed by atoms with van der Waals surface area (Å²) in [5, 5.41) is 3.58. The minimum atomic E-state index is -0.257. The van der Waals surface area contributed by atoms with Crippen molar-refractivity contribution in [2.24, 2.45) is 0 Å². The van der Waals surface area contributed by atoms with E-state index in [1.807, 2.05) is 38.1 Å². The molecular weight excluding hydrogens is 372 g/mol. The molecule has 3 heterocycles. The monoisotopic (exact) mass is 396 g/mol. The fraction of sp³-hybridized carbons (Fsp3) is 0.381. The summed E-state index contributed by atoms with van der Waals surface area (Å²) in [6.45, 7) is 8.76. The van der Waals surface area contributed by atoms with Crippen LogP contribution in [0.2, 0.25) is 0 Å². The zero-order valence-corrected chi connectivity index (χ0v) is 16.8. The van der Waals surface area contributed by atoms with Crippen molar-refractivity contribution >= 4 is 28.5 Å². The molecule has 152 valence electrons. The lowest BCUT2D eigenvalue weighted by molar-refractivity contribution is 0.102. The Kier molecular flexibility index (Phi) is 5.35. The number of carbonyl (C=O) groups excluding carboxylic acids is 1. The van der Waals surface area contributed by atoms with Crippen molar-refractivity contribution in [3.05, 3.63) is 41.4 Å². The van der Waals surface area contributed by atoms with Gasteiger partial charge in [-0.2, -0.15) is 4.98 Å². The van der Waals surface area contributed by atoms with Gasteiger partial charge in [-0.3, -0.25) is 4.79 Å². The van der Waals surface area contributed by atoms with Crippen LogP contribution >= 0.6 is 0 Å². The van der Waals surface area contributed by atoms with E-state index in [0.29, 0.717) is 72.7 Å². The second-order valence-corrected chi connectivity index (χ2v) is 6.82. The molecule has 8 nitrogen and oxygen atoms in total. The number of hydrogen-bond donors (Lipinski definition) is 1. The van der Waals surface area contributed by atoms with Crippen molar-refractivity contribution in [2.75, 3.05) is 43.1 Å². The Morgan fingerprint density at radius 1 is 1.17 bits per heavy atom. The average Bonchev–Trinajstić information content (AvgIpc) is 3.05. The van der Waals surface area contributed by atoms with Crippen LogP contribution in [0.3, 0.4) is 0 Å². The van der Waals surface area contributed by atoms with Crippen LogP contribution in [0.15, 0.2) is 28.7 Å². The second kappa shape index (κ2) is 8.08. The largest absolute Gasteiger partial charge is 0.494 e. The van der Waals surface area contributed by atoms with E-state index in [9.17, 15) is 4.79 Å². The minimum absolute atomic E-state index is 0.257. The molecule has 1 aliphatic rings. The number of furan rings is 1. The van der Waals surface area contributed by atoms with Gasteiger partial charge < -0.3 is 24.1 Å². The molecule has 29 heavy (non-hydrogen) atoms. The highest BCUT2D eigenvalue weighted by atomic mass is 16.5. The molecule has 1 aliphatic heterocycles. The number of anilines is 2. The van der Waals surface area contributed by atoms with Crippen LogP contribution < -0.4 is 15.0 Å². The van der Waals surface area contributed by atoms with Crippen LogP contribution in [0.4, 0.5) is 11.5 Å². The van der Waals surface area contributed by atoms with Gasteiger partial charge in [-0.15, -0.1) is 0 Å². The third kappa shape index (κ3) is 3.88. The molecule has 0 bridgehead atoms. The summed E-state index contributed by atoms with van der Waals surface area (Å²) in [7, 11) is 0. The molecule has 0 aliphatic carbocycles. The minimum Gasteiger partial charge on any atom is -0.494 e. The predicted octanol–water partition coefficient (Wildman–Crippen LogP) is 3.33. The van der Waals surface area contributed by atoms with Crippen LogP contribution in [0.5, 0.6) is 5.75 Å². The molecule has 0 radical (unpaired) electrons. The van der Waals surface area contributed by atoms with Gasteiger partial charge in [0.2, 0.25) is 5.71 Å². The molecule has 0 spiro atoms. The first kappa shape index (κ1) is 19.2. The Labute approximate surface area is 168 Å². The van der Waals surface area contributed by atoms with E-state index in [2.05, 4.69) is 20.2 Å². The topological polar surface area (TPSA) is 89.7 Å². The molecule has 4 rings (SSSR count). The fourth-order valence-electron chi connectivity index (χ4n) is 3.47. The van der Waals surface area contributed by atoms with Gasteiger partial charge in [0.1, 0.15) is 23.2 Å². The molecule has 3 aromatic rings. The van der Waals surface area contributed by atoms with Gasteiger partial charge in [0.15, 0.2) is 0 Å². The Morgan fingerprint density at radius 3 is 2.59 bits per heavy atom. The first-order chi connectivity index (χ1) is 14.1. The van der Waals surface area contributed by atoms with Gasteiger partial charge in [0.25, 0.3) is 5.91 Å². The number of hydrogen-bond acceptors (Lipinski definition) is 7. The molecule has 1 amide bonds. The first-order valence-electron chi connectivity index (χ1n) is 9.71. The van der Waals surface area contributed by atoms with E-state index in [0.717, 1.165) is 5.75 Å². The van der Waals surface area contributed by atoms with E-state index < -0.39 is 0 Å². The van der Waals surface area contributed by atoms with E-state index in [1.54, 1.807) is 6.92 Å². The molecule has 0 atom stereocenters.